The van der Waals surface area contributed by atoms with Crippen LogP contribution in [0.15, 0.2) is 18.2 Å². The maximum absolute atomic E-state index is 12.2. The van der Waals surface area contributed by atoms with Crippen molar-refractivity contribution in [3.05, 3.63) is 29.3 Å². The van der Waals surface area contributed by atoms with E-state index in [9.17, 15) is 9.59 Å². The van der Waals surface area contributed by atoms with Gasteiger partial charge < -0.3 is 9.64 Å². The van der Waals surface area contributed by atoms with E-state index < -0.39 is 0 Å². The van der Waals surface area contributed by atoms with Crippen molar-refractivity contribution in [2.24, 2.45) is 0 Å². The SMILES string of the molecule is COc1ccc(C(=O)N2CCCC(=O)C2)cc1C. The molecule has 1 aliphatic rings. The van der Waals surface area contributed by atoms with E-state index >= 15 is 0 Å². The second kappa shape index (κ2) is 5.21. The summed E-state index contributed by atoms with van der Waals surface area (Å²) in [4.78, 5) is 25.2. The first-order valence-electron chi connectivity index (χ1n) is 6.07. The van der Waals surface area contributed by atoms with Crippen LogP contribution in [0.2, 0.25) is 0 Å². The normalized spacial score (nSPS) is 15.7. The number of carbonyl (C=O) groups is 2. The third-order valence-electron chi connectivity index (χ3n) is 3.18. The summed E-state index contributed by atoms with van der Waals surface area (Å²) < 4.78 is 5.16. The van der Waals surface area contributed by atoms with Crippen molar-refractivity contribution in [2.45, 2.75) is 19.8 Å². The summed E-state index contributed by atoms with van der Waals surface area (Å²) in [5.74, 6) is 0.829. The molecule has 0 aromatic heterocycles. The van der Waals surface area contributed by atoms with Gasteiger partial charge in [-0.25, -0.2) is 0 Å². The molecule has 4 heteroatoms. The van der Waals surface area contributed by atoms with E-state index in [0.717, 1.165) is 17.7 Å². The van der Waals surface area contributed by atoms with Crippen LogP contribution in [-0.2, 0) is 4.79 Å². The number of piperidine rings is 1. The van der Waals surface area contributed by atoms with E-state index in [2.05, 4.69) is 0 Å². The quantitative estimate of drug-likeness (QED) is 0.800. The van der Waals surface area contributed by atoms with Crippen LogP contribution in [-0.4, -0.2) is 36.8 Å². The second-order valence-corrected chi connectivity index (χ2v) is 4.55. The van der Waals surface area contributed by atoms with Crippen molar-refractivity contribution in [2.75, 3.05) is 20.2 Å². The van der Waals surface area contributed by atoms with Gasteiger partial charge in [-0.2, -0.15) is 0 Å². The van der Waals surface area contributed by atoms with Crippen molar-refractivity contribution < 1.29 is 14.3 Å². The van der Waals surface area contributed by atoms with Crippen molar-refractivity contribution in [1.29, 1.82) is 0 Å². The van der Waals surface area contributed by atoms with Crippen LogP contribution in [0, 0.1) is 6.92 Å². The third-order valence-corrected chi connectivity index (χ3v) is 3.18. The average Bonchev–Trinajstić information content (AvgIpc) is 2.37. The standard InChI is InChI=1S/C14H17NO3/c1-10-8-11(5-6-13(10)18-2)14(17)15-7-3-4-12(16)9-15/h5-6,8H,3-4,7,9H2,1-2H3. The monoisotopic (exact) mass is 247 g/mol. The maximum Gasteiger partial charge on any atom is 0.254 e. The van der Waals surface area contributed by atoms with E-state index in [1.807, 2.05) is 6.92 Å². The van der Waals surface area contributed by atoms with Gasteiger partial charge in [0.1, 0.15) is 5.75 Å². The number of nitrogens with zero attached hydrogens (tertiary/aromatic N) is 1. The van der Waals surface area contributed by atoms with Crippen molar-refractivity contribution in [3.8, 4) is 5.75 Å². The van der Waals surface area contributed by atoms with Crippen molar-refractivity contribution in [1.82, 2.24) is 4.90 Å². The zero-order valence-electron chi connectivity index (χ0n) is 10.7. The Balaban J connectivity index is 2.18. The minimum absolute atomic E-state index is 0.0752. The average molecular weight is 247 g/mol. The number of amides is 1. The Morgan fingerprint density at radius 3 is 2.78 bits per heavy atom. The van der Waals surface area contributed by atoms with Crippen LogP contribution >= 0.6 is 0 Å². The van der Waals surface area contributed by atoms with Gasteiger partial charge >= 0.3 is 0 Å². The highest BCUT2D eigenvalue weighted by molar-refractivity contribution is 5.97. The van der Waals surface area contributed by atoms with E-state index in [1.54, 1.807) is 30.2 Å². The molecule has 1 amide bonds. The molecule has 2 rings (SSSR count). The Labute approximate surface area is 107 Å². The molecule has 1 saturated heterocycles. The van der Waals surface area contributed by atoms with Gasteiger partial charge in [-0.05, 0) is 37.1 Å². The highest BCUT2D eigenvalue weighted by Gasteiger charge is 2.22. The minimum Gasteiger partial charge on any atom is -0.496 e. The Hall–Kier alpha value is -1.84. The molecule has 0 radical (unpaired) electrons. The predicted molar refractivity (Wildman–Crippen MR) is 67.9 cm³/mol. The van der Waals surface area contributed by atoms with Crippen LogP contribution in [0.5, 0.6) is 5.75 Å². The summed E-state index contributed by atoms with van der Waals surface area (Å²) in [6.45, 7) is 2.80. The number of Topliss-reactive ketones (excluding diaryl/α,β-unsaturated/α-hetero) is 1. The summed E-state index contributed by atoms with van der Waals surface area (Å²) in [6.07, 6.45) is 1.35. The van der Waals surface area contributed by atoms with Gasteiger partial charge in [0.15, 0.2) is 5.78 Å². The molecule has 1 aliphatic heterocycles. The highest BCUT2D eigenvalue weighted by atomic mass is 16.5. The molecule has 1 aromatic carbocycles. The molecule has 4 nitrogen and oxygen atoms in total. The molecule has 1 heterocycles. The molecule has 0 aliphatic carbocycles. The van der Waals surface area contributed by atoms with Gasteiger partial charge in [0, 0.05) is 18.5 Å². The Bertz CT molecular complexity index is 482. The number of carbonyl (C=O) groups excluding carboxylic acids is 2. The topological polar surface area (TPSA) is 46.6 Å². The number of hydrogen-bond donors (Lipinski definition) is 0. The minimum atomic E-state index is -0.0752. The third kappa shape index (κ3) is 2.53. The zero-order valence-corrected chi connectivity index (χ0v) is 10.7. The maximum atomic E-state index is 12.2. The van der Waals surface area contributed by atoms with Crippen molar-refractivity contribution in [3.63, 3.8) is 0 Å². The number of ketones is 1. The number of hydrogen-bond acceptors (Lipinski definition) is 3. The molecule has 96 valence electrons. The van der Waals surface area contributed by atoms with E-state index in [0.29, 0.717) is 18.5 Å². The lowest BCUT2D eigenvalue weighted by molar-refractivity contribution is -0.121. The van der Waals surface area contributed by atoms with Gasteiger partial charge in [0.05, 0.1) is 13.7 Å². The van der Waals surface area contributed by atoms with Gasteiger partial charge in [0.2, 0.25) is 0 Å². The molecule has 0 N–H and O–H groups in total. The Morgan fingerprint density at radius 2 is 2.17 bits per heavy atom. The molecule has 18 heavy (non-hydrogen) atoms. The van der Waals surface area contributed by atoms with Crippen LogP contribution in [0.4, 0.5) is 0 Å². The van der Waals surface area contributed by atoms with Gasteiger partial charge in [-0.15, -0.1) is 0 Å². The van der Waals surface area contributed by atoms with E-state index in [-0.39, 0.29) is 18.2 Å². The largest absolute Gasteiger partial charge is 0.496 e. The zero-order chi connectivity index (χ0) is 13.1. The summed E-state index contributed by atoms with van der Waals surface area (Å²) in [6, 6.07) is 5.34. The van der Waals surface area contributed by atoms with Crippen LogP contribution < -0.4 is 4.74 Å². The fraction of sp³-hybridized carbons (Fsp3) is 0.429. The van der Waals surface area contributed by atoms with E-state index in [1.165, 1.54) is 0 Å². The molecule has 0 unspecified atom stereocenters. The Morgan fingerprint density at radius 1 is 1.39 bits per heavy atom. The first-order chi connectivity index (χ1) is 8.61. The number of rotatable bonds is 2. The molecule has 0 spiro atoms. The predicted octanol–water partition coefficient (Wildman–Crippen LogP) is 1.81. The molecule has 0 saturated carbocycles. The lowest BCUT2D eigenvalue weighted by atomic mass is 10.1. The van der Waals surface area contributed by atoms with Crippen LogP contribution in [0.3, 0.4) is 0 Å². The molecule has 0 bridgehead atoms. The van der Waals surface area contributed by atoms with Gasteiger partial charge in [0.25, 0.3) is 5.91 Å². The summed E-state index contributed by atoms with van der Waals surface area (Å²) >= 11 is 0. The van der Waals surface area contributed by atoms with Gasteiger partial charge in [-0.1, -0.05) is 0 Å². The molecule has 0 atom stereocenters. The Kier molecular flexibility index (Phi) is 3.65. The first-order valence-corrected chi connectivity index (χ1v) is 6.07. The van der Waals surface area contributed by atoms with Gasteiger partial charge in [-0.3, -0.25) is 9.59 Å². The number of ether oxygens (including phenoxy) is 1. The fourth-order valence-corrected chi connectivity index (χ4v) is 2.21. The van der Waals surface area contributed by atoms with Crippen LogP contribution in [0.25, 0.3) is 0 Å². The fourth-order valence-electron chi connectivity index (χ4n) is 2.21. The number of likely N-dealkylation sites (tertiary alicyclic amines) is 1. The molecular weight excluding hydrogens is 230 g/mol. The first kappa shape index (κ1) is 12.6. The van der Waals surface area contributed by atoms with E-state index in [4.69, 9.17) is 4.74 Å². The van der Waals surface area contributed by atoms with Crippen molar-refractivity contribution >= 4 is 11.7 Å². The second-order valence-electron chi connectivity index (χ2n) is 4.55. The number of aryl methyl sites for hydroxylation is 1. The molecular formula is C14H17NO3. The summed E-state index contributed by atoms with van der Waals surface area (Å²) in [7, 11) is 1.60. The highest BCUT2D eigenvalue weighted by Crippen LogP contribution is 2.20. The molecule has 1 fully saturated rings. The number of benzene rings is 1. The summed E-state index contributed by atoms with van der Waals surface area (Å²) in [5.41, 5.74) is 1.54. The lowest BCUT2D eigenvalue weighted by Crippen LogP contribution is -2.40. The smallest absolute Gasteiger partial charge is 0.254 e. The van der Waals surface area contributed by atoms with Crippen LogP contribution in [0.1, 0.15) is 28.8 Å². The lowest BCUT2D eigenvalue weighted by Gasteiger charge is -2.26. The summed E-state index contributed by atoms with van der Waals surface area (Å²) in [5, 5.41) is 0. The molecule has 1 aromatic rings. The number of methoxy groups -OCH3 is 1.